The summed E-state index contributed by atoms with van der Waals surface area (Å²) in [5, 5.41) is 10.4. The molecule has 1 aromatic heterocycles. The van der Waals surface area contributed by atoms with Gasteiger partial charge in [-0.2, -0.15) is 0 Å². The first kappa shape index (κ1) is 17.2. The number of carbonyl (C=O) groups is 1. The van der Waals surface area contributed by atoms with E-state index < -0.39 is 0 Å². The van der Waals surface area contributed by atoms with E-state index in [2.05, 4.69) is 15.5 Å². The van der Waals surface area contributed by atoms with Crippen LogP contribution in [0.2, 0.25) is 0 Å². The number of amides is 1. The molecule has 0 aliphatic heterocycles. The minimum atomic E-state index is -0.300. The summed E-state index contributed by atoms with van der Waals surface area (Å²) < 4.78 is 18.4. The Kier molecular flexibility index (Phi) is 5.45. The highest BCUT2D eigenvalue weighted by Crippen LogP contribution is 2.23. The fraction of sp³-hybridized carbons (Fsp3) is 0.167. The van der Waals surface area contributed by atoms with E-state index in [9.17, 15) is 9.18 Å². The van der Waals surface area contributed by atoms with Crippen LogP contribution < -0.4 is 5.32 Å². The lowest BCUT2D eigenvalue weighted by Gasteiger charge is -2.06. The Morgan fingerprint density at radius 2 is 1.92 bits per heavy atom. The molecule has 5 nitrogen and oxygen atoms in total. The maximum Gasteiger partial charge on any atom is 0.322 e. The van der Waals surface area contributed by atoms with Gasteiger partial charge in [-0.3, -0.25) is 10.1 Å². The quantitative estimate of drug-likeness (QED) is 0.671. The van der Waals surface area contributed by atoms with Gasteiger partial charge in [0.2, 0.25) is 5.89 Å². The number of hydrogen-bond acceptors (Lipinski definition) is 5. The summed E-state index contributed by atoms with van der Waals surface area (Å²) in [4.78, 5) is 13.3. The van der Waals surface area contributed by atoms with Crippen LogP contribution in [0, 0.1) is 5.82 Å². The molecule has 128 valence electrons. The van der Waals surface area contributed by atoms with Crippen LogP contribution in [0.3, 0.4) is 0 Å². The molecule has 25 heavy (non-hydrogen) atoms. The molecule has 0 unspecified atom stereocenters. The molecule has 0 saturated carbocycles. The van der Waals surface area contributed by atoms with Gasteiger partial charge in [0.05, 0.1) is 12.0 Å². The van der Waals surface area contributed by atoms with Crippen LogP contribution in [0.5, 0.6) is 0 Å². The number of nitrogens with one attached hydrogen (secondary N) is 1. The third-order valence-corrected chi connectivity index (χ3v) is 4.34. The molecule has 0 atom stereocenters. The number of thioether (sulfide) groups is 1. The Balaban J connectivity index is 1.69. The van der Waals surface area contributed by atoms with Gasteiger partial charge in [-0.05, 0) is 35.6 Å². The summed E-state index contributed by atoms with van der Waals surface area (Å²) in [5.74, 6) is 0.615. The van der Waals surface area contributed by atoms with Crippen molar-refractivity contribution in [2.45, 2.75) is 18.2 Å². The normalized spacial score (nSPS) is 10.6. The van der Waals surface area contributed by atoms with Crippen molar-refractivity contribution in [3.05, 3.63) is 71.4 Å². The maximum absolute atomic E-state index is 12.9. The van der Waals surface area contributed by atoms with E-state index in [1.54, 1.807) is 30.0 Å². The van der Waals surface area contributed by atoms with Gasteiger partial charge in [0.15, 0.2) is 0 Å². The average molecular weight is 357 g/mol. The van der Waals surface area contributed by atoms with Crippen LogP contribution in [0.15, 0.2) is 57.8 Å². The number of halogens is 1. The summed E-state index contributed by atoms with van der Waals surface area (Å²) in [6.45, 7) is 2.03. The molecule has 1 heterocycles. The first-order valence-electron chi connectivity index (χ1n) is 7.75. The van der Waals surface area contributed by atoms with Crippen molar-refractivity contribution in [2.75, 3.05) is 11.1 Å². The topological polar surface area (TPSA) is 68.0 Å². The molecule has 1 amide bonds. The van der Waals surface area contributed by atoms with Crippen molar-refractivity contribution in [2.24, 2.45) is 0 Å². The molecular weight excluding hydrogens is 341 g/mol. The summed E-state index contributed by atoms with van der Waals surface area (Å²) in [6, 6.07) is 13.4. The summed E-state index contributed by atoms with van der Waals surface area (Å²) in [5.41, 5.74) is 1.40. The minimum Gasteiger partial charge on any atom is -0.407 e. The number of hydrogen-bond donors (Lipinski definition) is 1. The SMILES string of the molecule is CCSc1ccccc1C(=O)Nc1nnc(Cc2ccc(F)cc2)o1. The average Bonchev–Trinajstić information content (AvgIpc) is 3.04. The molecule has 1 N–H and O–H groups in total. The predicted molar refractivity (Wildman–Crippen MR) is 94.3 cm³/mol. The predicted octanol–water partition coefficient (Wildman–Crippen LogP) is 4.16. The van der Waals surface area contributed by atoms with Crippen molar-refractivity contribution in [3.8, 4) is 0 Å². The second kappa shape index (κ2) is 7.94. The third-order valence-electron chi connectivity index (χ3n) is 3.39. The van der Waals surface area contributed by atoms with Gasteiger partial charge in [0.25, 0.3) is 5.91 Å². The highest BCUT2D eigenvalue weighted by atomic mass is 32.2. The van der Waals surface area contributed by atoms with E-state index in [-0.39, 0.29) is 17.7 Å². The molecule has 0 aliphatic carbocycles. The zero-order chi connectivity index (χ0) is 17.6. The van der Waals surface area contributed by atoms with Crippen molar-refractivity contribution in [1.82, 2.24) is 10.2 Å². The van der Waals surface area contributed by atoms with Crippen LogP contribution in [0.4, 0.5) is 10.4 Å². The number of nitrogens with zero attached hydrogens (tertiary/aromatic N) is 2. The Morgan fingerprint density at radius 3 is 2.68 bits per heavy atom. The van der Waals surface area contributed by atoms with Crippen molar-refractivity contribution in [1.29, 1.82) is 0 Å². The highest BCUT2D eigenvalue weighted by molar-refractivity contribution is 7.99. The Hall–Kier alpha value is -2.67. The molecule has 3 rings (SSSR count). The van der Waals surface area contributed by atoms with Crippen LogP contribution in [0.1, 0.15) is 28.7 Å². The first-order chi connectivity index (χ1) is 12.2. The lowest BCUT2D eigenvalue weighted by atomic mass is 10.1. The fourth-order valence-electron chi connectivity index (χ4n) is 2.25. The zero-order valence-corrected chi connectivity index (χ0v) is 14.3. The molecular formula is C18H16FN3O2S. The number of anilines is 1. The van der Waals surface area contributed by atoms with Crippen LogP contribution in [-0.2, 0) is 6.42 Å². The molecule has 3 aromatic rings. The van der Waals surface area contributed by atoms with E-state index in [0.717, 1.165) is 16.2 Å². The lowest BCUT2D eigenvalue weighted by Crippen LogP contribution is -2.13. The van der Waals surface area contributed by atoms with E-state index in [1.165, 1.54) is 12.1 Å². The molecule has 0 radical (unpaired) electrons. The number of rotatable bonds is 6. The molecule has 0 bridgehead atoms. The van der Waals surface area contributed by atoms with Crippen molar-refractivity contribution in [3.63, 3.8) is 0 Å². The van der Waals surface area contributed by atoms with E-state index in [4.69, 9.17) is 4.42 Å². The van der Waals surface area contributed by atoms with Gasteiger partial charge < -0.3 is 4.42 Å². The summed E-state index contributed by atoms with van der Waals surface area (Å²) >= 11 is 1.59. The Morgan fingerprint density at radius 1 is 1.16 bits per heavy atom. The van der Waals surface area contributed by atoms with E-state index in [0.29, 0.717) is 17.9 Å². The van der Waals surface area contributed by atoms with Gasteiger partial charge in [-0.15, -0.1) is 16.9 Å². The molecule has 0 aliphatic rings. The van der Waals surface area contributed by atoms with Gasteiger partial charge in [0, 0.05) is 4.90 Å². The van der Waals surface area contributed by atoms with Crippen LogP contribution >= 0.6 is 11.8 Å². The summed E-state index contributed by atoms with van der Waals surface area (Å²) in [6.07, 6.45) is 0.366. The van der Waals surface area contributed by atoms with E-state index in [1.807, 2.05) is 25.1 Å². The standard InChI is InChI=1S/C18H16FN3O2S/c1-2-25-15-6-4-3-5-14(15)17(23)20-18-22-21-16(24-18)11-12-7-9-13(19)10-8-12/h3-10H,2,11H2,1H3,(H,20,22,23). The summed E-state index contributed by atoms with van der Waals surface area (Å²) in [7, 11) is 0. The number of benzene rings is 2. The van der Waals surface area contributed by atoms with Gasteiger partial charge >= 0.3 is 6.01 Å². The molecule has 0 saturated heterocycles. The van der Waals surface area contributed by atoms with Crippen LogP contribution in [-0.4, -0.2) is 21.9 Å². The van der Waals surface area contributed by atoms with Gasteiger partial charge in [-0.1, -0.05) is 36.3 Å². The van der Waals surface area contributed by atoms with Crippen molar-refractivity contribution < 1.29 is 13.6 Å². The smallest absolute Gasteiger partial charge is 0.322 e. The largest absolute Gasteiger partial charge is 0.407 e. The van der Waals surface area contributed by atoms with Crippen LogP contribution in [0.25, 0.3) is 0 Å². The second-order valence-corrected chi connectivity index (χ2v) is 6.49. The second-order valence-electron chi connectivity index (χ2n) is 5.19. The molecule has 0 spiro atoms. The van der Waals surface area contributed by atoms with Gasteiger partial charge in [0.1, 0.15) is 5.82 Å². The number of aromatic nitrogens is 2. The zero-order valence-electron chi connectivity index (χ0n) is 13.5. The molecule has 7 heteroatoms. The minimum absolute atomic E-state index is 0.0402. The third kappa shape index (κ3) is 4.45. The monoisotopic (exact) mass is 357 g/mol. The Bertz CT molecular complexity index is 865. The highest BCUT2D eigenvalue weighted by Gasteiger charge is 2.15. The van der Waals surface area contributed by atoms with E-state index >= 15 is 0 Å². The lowest BCUT2D eigenvalue weighted by molar-refractivity contribution is 0.102. The maximum atomic E-state index is 12.9. The molecule has 2 aromatic carbocycles. The number of carbonyl (C=O) groups excluding carboxylic acids is 1. The first-order valence-corrected chi connectivity index (χ1v) is 8.74. The Labute approximate surface area is 148 Å². The van der Waals surface area contributed by atoms with Crippen molar-refractivity contribution >= 4 is 23.7 Å². The van der Waals surface area contributed by atoms with Gasteiger partial charge in [-0.25, -0.2) is 4.39 Å². The fourth-order valence-corrected chi connectivity index (χ4v) is 3.05. The molecule has 0 fully saturated rings.